The number of hydrogen-bond acceptors (Lipinski definition) is 5. The summed E-state index contributed by atoms with van der Waals surface area (Å²) >= 11 is 1.35. The van der Waals surface area contributed by atoms with Crippen molar-refractivity contribution >= 4 is 28.3 Å². The predicted molar refractivity (Wildman–Crippen MR) is 101 cm³/mol. The largest absolute Gasteiger partial charge is 0.329 e. The Morgan fingerprint density at radius 3 is 2.48 bits per heavy atom. The molecule has 1 heterocycles. The maximum atomic E-state index is 12.8. The summed E-state index contributed by atoms with van der Waals surface area (Å²) in [4.78, 5) is 32.7. The molecular weight excluding hydrogens is 336 g/mol. The van der Waals surface area contributed by atoms with Gasteiger partial charge in [-0.05, 0) is 46.1 Å². The molecule has 1 aromatic carbocycles. The Hall–Kier alpha value is -2.25. The minimum atomic E-state index is -0.236. The minimum Gasteiger partial charge on any atom is -0.329 e. The first-order chi connectivity index (χ1) is 12.0. The second-order valence-corrected chi connectivity index (χ2v) is 7.03. The molecule has 0 spiro atoms. The molecular formula is C18H24N4O2S. The molecule has 0 unspecified atom stereocenters. The van der Waals surface area contributed by atoms with Crippen molar-refractivity contribution in [3.63, 3.8) is 0 Å². The van der Waals surface area contributed by atoms with Gasteiger partial charge in [0.15, 0.2) is 5.13 Å². The highest BCUT2D eigenvalue weighted by molar-refractivity contribution is 7.13. The number of carbonyl (C=O) groups excluding carboxylic acids is 2. The summed E-state index contributed by atoms with van der Waals surface area (Å²) in [5.41, 5.74) is 1.69. The molecule has 7 heteroatoms. The van der Waals surface area contributed by atoms with Crippen LogP contribution in [0.25, 0.3) is 0 Å². The predicted octanol–water partition coefficient (Wildman–Crippen LogP) is 2.48. The van der Waals surface area contributed by atoms with Crippen LogP contribution in [0.4, 0.5) is 5.13 Å². The molecule has 0 aliphatic heterocycles. The molecule has 25 heavy (non-hydrogen) atoms. The Morgan fingerprint density at radius 1 is 1.16 bits per heavy atom. The van der Waals surface area contributed by atoms with Gasteiger partial charge in [-0.2, -0.15) is 0 Å². The van der Waals surface area contributed by atoms with Gasteiger partial charge in [-0.25, -0.2) is 4.98 Å². The Labute approximate surface area is 152 Å². The first-order valence-electron chi connectivity index (χ1n) is 8.15. The zero-order valence-electron chi connectivity index (χ0n) is 14.9. The third-order valence-corrected chi connectivity index (χ3v) is 4.32. The number of rotatable bonds is 8. The van der Waals surface area contributed by atoms with E-state index in [4.69, 9.17) is 0 Å². The van der Waals surface area contributed by atoms with Gasteiger partial charge in [-0.1, -0.05) is 17.7 Å². The van der Waals surface area contributed by atoms with Crippen molar-refractivity contribution in [1.82, 2.24) is 14.8 Å². The van der Waals surface area contributed by atoms with Crippen molar-refractivity contribution in [3.8, 4) is 0 Å². The quantitative estimate of drug-likeness (QED) is 0.785. The van der Waals surface area contributed by atoms with Gasteiger partial charge in [0.2, 0.25) is 5.91 Å². The van der Waals surface area contributed by atoms with E-state index in [1.54, 1.807) is 28.6 Å². The van der Waals surface area contributed by atoms with Crippen LogP contribution in [0.1, 0.15) is 22.3 Å². The van der Waals surface area contributed by atoms with E-state index in [1.807, 2.05) is 33.2 Å². The van der Waals surface area contributed by atoms with Gasteiger partial charge in [-0.15, -0.1) is 11.3 Å². The zero-order chi connectivity index (χ0) is 18.2. The van der Waals surface area contributed by atoms with Gasteiger partial charge in [0.05, 0.1) is 0 Å². The highest BCUT2D eigenvalue weighted by Gasteiger charge is 2.19. The lowest BCUT2D eigenvalue weighted by molar-refractivity contribution is -0.116. The number of aromatic nitrogens is 1. The van der Waals surface area contributed by atoms with Crippen molar-refractivity contribution in [2.24, 2.45) is 0 Å². The summed E-state index contributed by atoms with van der Waals surface area (Å²) in [6.45, 7) is 3.37. The number of aryl methyl sites for hydroxylation is 1. The summed E-state index contributed by atoms with van der Waals surface area (Å²) < 4.78 is 0. The molecule has 0 bridgehead atoms. The fraction of sp³-hybridized carbons (Fsp3) is 0.389. The number of thiazole rings is 1. The second-order valence-electron chi connectivity index (χ2n) is 6.13. The first-order valence-corrected chi connectivity index (χ1v) is 9.03. The van der Waals surface area contributed by atoms with E-state index in [-0.39, 0.29) is 18.4 Å². The molecule has 2 amide bonds. The number of hydrogen-bond donors (Lipinski definition) is 1. The fourth-order valence-electron chi connectivity index (χ4n) is 2.33. The average Bonchev–Trinajstić information content (AvgIpc) is 3.06. The van der Waals surface area contributed by atoms with Gasteiger partial charge in [0.1, 0.15) is 6.54 Å². The van der Waals surface area contributed by atoms with Crippen LogP contribution in [0.2, 0.25) is 0 Å². The van der Waals surface area contributed by atoms with Crippen LogP contribution in [0.3, 0.4) is 0 Å². The molecule has 0 atom stereocenters. The normalized spacial score (nSPS) is 10.7. The molecule has 2 aromatic rings. The minimum absolute atomic E-state index is 0.0136. The molecule has 2 rings (SSSR count). The van der Waals surface area contributed by atoms with Crippen molar-refractivity contribution in [2.45, 2.75) is 13.3 Å². The van der Waals surface area contributed by atoms with E-state index in [9.17, 15) is 9.59 Å². The lowest BCUT2D eigenvalue weighted by Crippen LogP contribution is -2.39. The number of amides is 2. The molecule has 0 fully saturated rings. The molecule has 1 N–H and O–H groups in total. The first kappa shape index (κ1) is 19.1. The summed E-state index contributed by atoms with van der Waals surface area (Å²) in [5, 5.41) is 5.07. The maximum Gasteiger partial charge on any atom is 0.254 e. The van der Waals surface area contributed by atoms with E-state index < -0.39 is 0 Å². The van der Waals surface area contributed by atoms with Crippen molar-refractivity contribution in [2.75, 3.05) is 39.0 Å². The molecule has 0 radical (unpaired) electrons. The van der Waals surface area contributed by atoms with Crippen LogP contribution in [0.5, 0.6) is 0 Å². The van der Waals surface area contributed by atoms with Crippen LogP contribution in [-0.4, -0.2) is 60.3 Å². The lowest BCUT2D eigenvalue weighted by atomic mass is 10.1. The lowest BCUT2D eigenvalue weighted by Gasteiger charge is -2.23. The Kier molecular flexibility index (Phi) is 7.09. The monoisotopic (exact) mass is 360 g/mol. The Balaban J connectivity index is 2.04. The van der Waals surface area contributed by atoms with E-state index in [2.05, 4.69) is 15.2 Å². The number of benzene rings is 1. The van der Waals surface area contributed by atoms with Crippen LogP contribution >= 0.6 is 11.3 Å². The summed E-state index contributed by atoms with van der Waals surface area (Å²) in [6, 6.07) is 7.41. The maximum absolute atomic E-state index is 12.8. The highest BCUT2D eigenvalue weighted by atomic mass is 32.1. The van der Waals surface area contributed by atoms with Crippen LogP contribution in [0, 0.1) is 6.92 Å². The van der Waals surface area contributed by atoms with E-state index >= 15 is 0 Å². The third-order valence-electron chi connectivity index (χ3n) is 3.63. The van der Waals surface area contributed by atoms with Crippen molar-refractivity contribution in [1.29, 1.82) is 0 Å². The average molecular weight is 360 g/mol. The van der Waals surface area contributed by atoms with Gasteiger partial charge in [0, 0.05) is 23.7 Å². The third kappa shape index (κ3) is 6.28. The van der Waals surface area contributed by atoms with Crippen LogP contribution in [0.15, 0.2) is 35.8 Å². The standard InChI is InChI=1S/C18H24N4O2S/c1-14-5-7-15(8-6-14)17(24)22(11-4-10-21(2)3)13-16(23)20-18-19-9-12-25-18/h5-9,12H,4,10-11,13H2,1-3H3,(H,19,20,23). The van der Waals surface area contributed by atoms with Crippen molar-refractivity contribution < 1.29 is 9.59 Å². The molecule has 0 aliphatic rings. The summed E-state index contributed by atoms with van der Waals surface area (Å²) in [6.07, 6.45) is 2.43. The van der Waals surface area contributed by atoms with E-state index in [1.165, 1.54) is 11.3 Å². The van der Waals surface area contributed by atoms with E-state index in [0.717, 1.165) is 18.5 Å². The number of anilines is 1. The van der Waals surface area contributed by atoms with Gasteiger partial charge < -0.3 is 15.1 Å². The molecule has 0 aliphatic carbocycles. The van der Waals surface area contributed by atoms with Gasteiger partial charge in [-0.3, -0.25) is 9.59 Å². The number of nitrogens with zero attached hydrogens (tertiary/aromatic N) is 3. The Bertz CT molecular complexity index is 684. The summed E-state index contributed by atoms with van der Waals surface area (Å²) in [7, 11) is 3.97. The molecule has 1 aromatic heterocycles. The number of nitrogens with one attached hydrogen (secondary N) is 1. The van der Waals surface area contributed by atoms with Crippen molar-refractivity contribution in [3.05, 3.63) is 47.0 Å². The van der Waals surface area contributed by atoms with Gasteiger partial charge >= 0.3 is 0 Å². The topological polar surface area (TPSA) is 65.5 Å². The SMILES string of the molecule is Cc1ccc(C(=O)N(CCCN(C)C)CC(=O)Nc2nccs2)cc1. The van der Waals surface area contributed by atoms with Gasteiger partial charge in [0.25, 0.3) is 5.91 Å². The smallest absolute Gasteiger partial charge is 0.254 e. The van der Waals surface area contributed by atoms with E-state index in [0.29, 0.717) is 17.2 Å². The van der Waals surface area contributed by atoms with Crippen LogP contribution < -0.4 is 5.32 Å². The molecule has 6 nitrogen and oxygen atoms in total. The zero-order valence-corrected chi connectivity index (χ0v) is 15.7. The summed E-state index contributed by atoms with van der Waals surface area (Å²) in [5.74, 6) is -0.367. The fourth-order valence-corrected chi connectivity index (χ4v) is 2.87. The highest BCUT2D eigenvalue weighted by Crippen LogP contribution is 2.11. The Morgan fingerprint density at radius 2 is 1.88 bits per heavy atom. The second kappa shape index (κ2) is 9.29. The molecule has 0 saturated heterocycles. The molecule has 0 saturated carbocycles. The van der Waals surface area contributed by atoms with Crippen LogP contribution in [-0.2, 0) is 4.79 Å². The number of carbonyl (C=O) groups is 2. The molecule has 134 valence electrons.